The van der Waals surface area contributed by atoms with Crippen molar-refractivity contribution in [2.75, 3.05) is 4.90 Å². The van der Waals surface area contributed by atoms with Gasteiger partial charge in [0.1, 0.15) is 11.3 Å². The molecule has 2 heteroatoms. The van der Waals surface area contributed by atoms with E-state index in [9.17, 15) is 0 Å². The van der Waals surface area contributed by atoms with E-state index in [2.05, 4.69) is 176 Å². The molecule has 5 aliphatic carbocycles. The van der Waals surface area contributed by atoms with Crippen molar-refractivity contribution >= 4 is 39.6 Å². The Morgan fingerprint density at radius 3 is 2.36 bits per heavy atom. The molecule has 2 unspecified atom stereocenters. The summed E-state index contributed by atoms with van der Waals surface area (Å²) >= 11 is 0. The maximum absolute atomic E-state index is 6.92. The molecule has 1 heterocycles. The number of anilines is 2. The van der Waals surface area contributed by atoms with E-state index in [4.69, 9.17) is 10.8 Å². The second-order valence-electron chi connectivity index (χ2n) is 17.2. The standard InChI is InChI=1S/C56H47NO/c1-4-5-25-46-38(2)53-49(55(46)33-16-17-34-55)28-18-29-50(53)57(41-21-10-7-11-22-41)54(3)35-32-51-45(37-54)44-31-30-40(36-52(44)58-51)56(39-19-8-6-9-20-39)47-26-14-12-23-42(47)43-24-13-15-27-48(43)56/h1,5-12,14-15,18-23,25-32,35-36H,13,16-17,24,33-34,37H2,2-3H3/b25-5-. The first-order valence-electron chi connectivity index (χ1n) is 21.1. The minimum absolute atomic E-state index is 0.0151. The first kappa shape index (κ1) is 34.9. The number of fused-ring (bicyclic) bond motifs is 7. The largest absolute Gasteiger partial charge is 0.456 e. The molecule has 11 rings (SSSR count). The van der Waals surface area contributed by atoms with Crippen LogP contribution >= 0.6 is 0 Å². The summed E-state index contributed by atoms with van der Waals surface area (Å²) < 4.78 is 6.92. The summed E-state index contributed by atoms with van der Waals surface area (Å²) in [4.78, 5) is 2.60. The molecule has 58 heavy (non-hydrogen) atoms. The fraction of sp³-hybridized carbons (Fsp3) is 0.214. The number of hydrogen-bond acceptors (Lipinski definition) is 2. The lowest BCUT2D eigenvalue weighted by molar-refractivity contribution is 0.532. The van der Waals surface area contributed by atoms with Gasteiger partial charge in [-0.25, -0.2) is 0 Å². The molecule has 1 fully saturated rings. The lowest BCUT2D eigenvalue weighted by atomic mass is 9.66. The van der Waals surface area contributed by atoms with Crippen LogP contribution in [0.25, 0.3) is 28.2 Å². The average molecular weight is 750 g/mol. The highest BCUT2D eigenvalue weighted by molar-refractivity contribution is 5.94. The number of terminal acetylenes is 1. The van der Waals surface area contributed by atoms with Crippen LogP contribution in [0.3, 0.4) is 0 Å². The molecule has 0 saturated heterocycles. The van der Waals surface area contributed by atoms with Crippen LogP contribution in [0.1, 0.15) is 97.1 Å². The summed E-state index contributed by atoms with van der Waals surface area (Å²) in [6.45, 7) is 4.72. The molecule has 1 aromatic heterocycles. The topological polar surface area (TPSA) is 16.4 Å². The average Bonchev–Trinajstić information content (AvgIpc) is 4.02. The molecule has 0 amide bonds. The maximum Gasteiger partial charge on any atom is 0.135 e. The fourth-order valence-electron chi connectivity index (χ4n) is 11.9. The molecule has 1 spiro atoms. The van der Waals surface area contributed by atoms with Crippen LogP contribution in [-0.4, -0.2) is 5.54 Å². The molecule has 0 aliphatic heterocycles. The van der Waals surface area contributed by atoms with Crippen molar-refractivity contribution in [3.05, 3.63) is 208 Å². The van der Waals surface area contributed by atoms with Crippen molar-refractivity contribution in [2.24, 2.45) is 0 Å². The van der Waals surface area contributed by atoms with Gasteiger partial charge in [0.2, 0.25) is 0 Å². The Labute approximate surface area is 342 Å². The lowest BCUT2D eigenvalue weighted by Crippen LogP contribution is -2.45. The molecule has 1 saturated carbocycles. The van der Waals surface area contributed by atoms with Crippen molar-refractivity contribution in [1.82, 2.24) is 0 Å². The third kappa shape index (κ3) is 4.80. The summed E-state index contributed by atoms with van der Waals surface area (Å²) in [5.74, 6) is 3.74. The van der Waals surface area contributed by atoms with Crippen LogP contribution in [0.4, 0.5) is 11.4 Å². The highest BCUT2D eigenvalue weighted by Gasteiger charge is 2.49. The van der Waals surface area contributed by atoms with E-state index in [0.29, 0.717) is 0 Å². The zero-order chi connectivity index (χ0) is 39.1. The van der Waals surface area contributed by atoms with Gasteiger partial charge in [0.25, 0.3) is 0 Å². The second-order valence-corrected chi connectivity index (χ2v) is 17.2. The number of allylic oxidation sites excluding steroid dienone is 8. The summed E-state index contributed by atoms with van der Waals surface area (Å²) in [5, 5.41) is 1.19. The first-order valence-corrected chi connectivity index (χ1v) is 21.1. The summed E-state index contributed by atoms with van der Waals surface area (Å²) in [6.07, 6.45) is 27.0. The van der Waals surface area contributed by atoms with Gasteiger partial charge < -0.3 is 9.32 Å². The number of hydrogen-bond donors (Lipinski definition) is 0. The summed E-state index contributed by atoms with van der Waals surface area (Å²) in [6, 6.07) is 45.2. The van der Waals surface area contributed by atoms with Crippen LogP contribution in [0.15, 0.2) is 167 Å². The quantitative estimate of drug-likeness (QED) is 0.158. The molecule has 2 atom stereocenters. The molecule has 5 aromatic carbocycles. The third-order valence-corrected chi connectivity index (χ3v) is 14.2. The van der Waals surface area contributed by atoms with Crippen LogP contribution in [0.2, 0.25) is 0 Å². The van der Waals surface area contributed by atoms with E-state index in [0.717, 1.165) is 43.4 Å². The van der Waals surface area contributed by atoms with Crippen LogP contribution in [0.5, 0.6) is 0 Å². The molecule has 2 nitrogen and oxygen atoms in total. The number of benzene rings is 5. The van der Waals surface area contributed by atoms with Gasteiger partial charge in [-0.1, -0.05) is 134 Å². The van der Waals surface area contributed by atoms with Gasteiger partial charge in [-0.15, -0.1) is 6.42 Å². The lowest BCUT2D eigenvalue weighted by Gasteiger charge is -2.44. The first-order chi connectivity index (χ1) is 28.5. The van der Waals surface area contributed by atoms with E-state index in [1.807, 2.05) is 6.08 Å². The molecule has 0 N–H and O–H groups in total. The Balaban J connectivity index is 1.06. The maximum atomic E-state index is 6.92. The van der Waals surface area contributed by atoms with Crippen LogP contribution in [-0.2, 0) is 17.3 Å². The zero-order valence-electron chi connectivity index (χ0n) is 33.4. The fourth-order valence-corrected chi connectivity index (χ4v) is 11.9. The molecular weight excluding hydrogens is 703 g/mol. The molecule has 282 valence electrons. The van der Waals surface area contributed by atoms with Crippen molar-refractivity contribution in [3.8, 4) is 12.3 Å². The Morgan fingerprint density at radius 2 is 1.55 bits per heavy atom. The smallest absolute Gasteiger partial charge is 0.135 e. The van der Waals surface area contributed by atoms with E-state index in [1.165, 1.54) is 90.8 Å². The Bertz CT molecular complexity index is 2850. The highest BCUT2D eigenvalue weighted by atomic mass is 16.3. The highest BCUT2D eigenvalue weighted by Crippen LogP contribution is 2.60. The van der Waals surface area contributed by atoms with Gasteiger partial charge in [0, 0.05) is 39.7 Å². The SMILES string of the molecule is C#C/C=C\C1=C(C)c2c(N(c3ccccc3)C3(C)C=Cc4oc5cc(C6(c7ccccc7)C7=C(CCC=C7)c7ccccc76)ccc5c4C3)cccc2C12CCCC2. The van der Waals surface area contributed by atoms with Crippen LogP contribution < -0.4 is 4.90 Å². The minimum atomic E-state index is -0.427. The normalized spacial score (nSPS) is 22.4. The monoisotopic (exact) mass is 749 g/mol. The van der Waals surface area contributed by atoms with E-state index in [-0.39, 0.29) is 11.0 Å². The molecule has 6 aromatic rings. The third-order valence-electron chi connectivity index (χ3n) is 14.2. The second kappa shape index (κ2) is 13.1. The van der Waals surface area contributed by atoms with Crippen molar-refractivity contribution in [1.29, 1.82) is 0 Å². The van der Waals surface area contributed by atoms with Gasteiger partial charge in [0.05, 0.1) is 11.0 Å². The summed E-state index contributed by atoms with van der Waals surface area (Å²) in [5.41, 5.74) is 17.5. The van der Waals surface area contributed by atoms with Gasteiger partial charge >= 0.3 is 0 Å². The minimum Gasteiger partial charge on any atom is -0.456 e. The predicted molar refractivity (Wildman–Crippen MR) is 241 cm³/mol. The van der Waals surface area contributed by atoms with Crippen molar-refractivity contribution < 1.29 is 4.42 Å². The zero-order valence-corrected chi connectivity index (χ0v) is 33.4. The number of rotatable bonds is 6. The Hall–Kier alpha value is -6.30. The van der Waals surface area contributed by atoms with Crippen molar-refractivity contribution in [3.63, 3.8) is 0 Å². The Kier molecular flexibility index (Phi) is 7.90. The molecule has 5 aliphatic rings. The molecule has 0 bridgehead atoms. The van der Waals surface area contributed by atoms with E-state index < -0.39 is 5.41 Å². The molecule has 0 radical (unpaired) electrons. The van der Waals surface area contributed by atoms with Crippen molar-refractivity contribution in [2.45, 2.75) is 75.2 Å². The number of para-hydroxylation sites is 1. The summed E-state index contributed by atoms with van der Waals surface area (Å²) in [7, 11) is 0. The van der Waals surface area contributed by atoms with Crippen LogP contribution in [0, 0.1) is 12.3 Å². The Morgan fingerprint density at radius 1 is 0.793 bits per heavy atom. The van der Waals surface area contributed by atoms with Gasteiger partial charge in [-0.3, -0.25) is 0 Å². The van der Waals surface area contributed by atoms with Gasteiger partial charge in [-0.2, -0.15) is 0 Å². The number of furan rings is 1. The number of nitrogens with zero attached hydrogens (tertiary/aromatic N) is 1. The van der Waals surface area contributed by atoms with E-state index >= 15 is 0 Å². The van der Waals surface area contributed by atoms with E-state index in [1.54, 1.807) is 0 Å². The van der Waals surface area contributed by atoms with Gasteiger partial charge in [-0.05, 0) is 132 Å². The predicted octanol–water partition coefficient (Wildman–Crippen LogP) is 13.8. The molecular formula is C56H47NO. The van der Waals surface area contributed by atoms with Gasteiger partial charge in [0.15, 0.2) is 0 Å².